The average molecular weight is 1050 g/mol. The summed E-state index contributed by atoms with van der Waals surface area (Å²) in [6.07, 6.45) is -7.73. The van der Waals surface area contributed by atoms with Gasteiger partial charge >= 0.3 is 0 Å². The minimum absolute atomic E-state index is 0.0477. The monoisotopic (exact) mass is 1050 g/mol. The Balaban J connectivity index is 0.874. The Morgan fingerprint density at radius 1 is 0.760 bits per heavy atom. The zero-order chi connectivity index (χ0) is 53.8. The minimum Gasteiger partial charge on any atom is -0.394 e. The molecule has 3 aliphatic heterocycles. The number of nitrogens with zero attached hydrogens (tertiary/aromatic N) is 3. The first-order valence-electron chi connectivity index (χ1n) is 27.6. The summed E-state index contributed by atoms with van der Waals surface area (Å²) in [6, 6.07) is 9.84. The highest BCUT2D eigenvalue weighted by Crippen LogP contribution is 2.76. The van der Waals surface area contributed by atoms with Gasteiger partial charge in [0.25, 0.3) is 0 Å². The van der Waals surface area contributed by atoms with E-state index in [1.54, 1.807) is 4.68 Å². The summed E-state index contributed by atoms with van der Waals surface area (Å²) >= 11 is 0. The number of aliphatic hydroxyl groups is 8. The Morgan fingerprint density at radius 2 is 1.45 bits per heavy atom. The fourth-order valence-corrected chi connectivity index (χ4v) is 16.2. The zero-order valence-electron chi connectivity index (χ0n) is 44.9. The number of carbonyl (C=O) groups is 1. The molecule has 0 spiro atoms. The molecule has 75 heavy (non-hydrogen) atoms. The number of aliphatic hydroxyl groups excluding tert-OH is 8. The molecule has 418 valence electrons. The van der Waals surface area contributed by atoms with Gasteiger partial charge in [-0.2, -0.15) is 0 Å². The topological polar surface area (TPSA) is 277 Å². The standard InChI is InChI=1S/C56H84N4O15/c1-29-39(62)42(65)44(67)47(71-29)75-46-41(64)35(73-48-45(68)43(66)40(63)34(27-61)72-48)28-70-49(46)74-38-17-18-53(6)36(52(38,4)5)16-19-55(8)37(53)15-14-32-33-24-51(2,3)20-22-56(33,23-21-54(32,55)7)50(69)57-25-30-26-60(59-58-30)31-12-10-9-11-13-31/h9-14,26,29,33-49,61-68H,15-25,27-28H2,1-8H3,(H,57,69)/t29-,33-,34+,35-,36-,37+,38-,39-,40+,41-,42+,43-,44+,45+,46+,47-,48-,49-,53-,54+,55+,56-/m0/s1. The maximum Gasteiger partial charge on any atom is 0.227 e. The molecule has 0 bridgehead atoms. The number of carbonyl (C=O) groups excluding carboxylic acids is 1. The van der Waals surface area contributed by atoms with Crippen LogP contribution in [0.25, 0.3) is 5.69 Å². The first-order chi connectivity index (χ1) is 35.4. The molecule has 22 atom stereocenters. The van der Waals surface area contributed by atoms with E-state index < -0.39 is 103 Å². The number of hydrogen-bond acceptors (Lipinski definition) is 17. The summed E-state index contributed by atoms with van der Waals surface area (Å²) in [7, 11) is 0. The highest BCUT2D eigenvalue weighted by Gasteiger charge is 2.70. The Hall–Kier alpha value is -2.99. The van der Waals surface area contributed by atoms with Gasteiger partial charge in [0, 0.05) is 0 Å². The molecule has 7 fully saturated rings. The third-order valence-corrected chi connectivity index (χ3v) is 21.0. The molecule has 4 saturated carbocycles. The third-order valence-electron chi connectivity index (χ3n) is 21.0. The van der Waals surface area contributed by atoms with Crippen LogP contribution in [0.5, 0.6) is 0 Å². The Morgan fingerprint density at radius 3 is 2.17 bits per heavy atom. The quantitative estimate of drug-likeness (QED) is 0.115. The molecular formula is C56H84N4O15. The molecule has 8 aliphatic rings. The van der Waals surface area contributed by atoms with E-state index >= 15 is 0 Å². The van der Waals surface area contributed by atoms with Gasteiger partial charge in [-0.1, -0.05) is 83.5 Å². The number of aromatic nitrogens is 3. The van der Waals surface area contributed by atoms with E-state index in [1.165, 1.54) is 12.5 Å². The van der Waals surface area contributed by atoms with Gasteiger partial charge < -0.3 is 74.6 Å². The van der Waals surface area contributed by atoms with Crippen molar-refractivity contribution in [2.75, 3.05) is 13.2 Å². The van der Waals surface area contributed by atoms with Crippen molar-refractivity contribution in [3.05, 3.63) is 53.9 Å². The second kappa shape index (κ2) is 20.3. The molecule has 5 aliphatic carbocycles. The molecule has 1 aromatic carbocycles. The Kier molecular flexibility index (Phi) is 15.0. The number of benzene rings is 1. The number of allylic oxidation sites excluding steroid dienone is 2. The summed E-state index contributed by atoms with van der Waals surface area (Å²) in [6.45, 7) is 17.6. The van der Waals surface area contributed by atoms with Crippen molar-refractivity contribution < 1.29 is 74.1 Å². The van der Waals surface area contributed by atoms with Crippen LogP contribution in [0.2, 0.25) is 0 Å². The van der Waals surface area contributed by atoms with Gasteiger partial charge in [0.15, 0.2) is 18.9 Å². The third kappa shape index (κ3) is 9.27. The number of rotatable bonds is 11. The number of para-hydroxylation sites is 1. The molecule has 19 nitrogen and oxygen atoms in total. The number of amides is 1. The molecule has 4 heterocycles. The lowest BCUT2D eigenvalue weighted by molar-refractivity contribution is -0.380. The van der Waals surface area contributed by atoms with E-state index in [1.807, 2.05) is 36.5 Å². The van der Waals surface area contributed by atoms with Crippen molar-refractivity contribution in [2.45, 2.75) is 218 Å². The van der Waals surface area contributed by atoms with Crippen LogP contribution >= 0.6 is 0 Å². The fourth-order valence-electron chi connectivity index (χ4n) is 16.2. The van der Waals surface area contributed by atoms with E-state index in [0.29, 0.717) is 24.6 Å². The summed E-state index contributed by atoms with van der Waals surface area (Å²) < 4.78 is 38.8. The van der Waals surface area contributed by atoms with E-state index in [-0.39, 0.29) is 52.1 Å². The summed E-state index contributed by atoms with van der Waals surface area (Å²) in [5, 5.41) is 98.0. The molecule has 1 amide bonds. The van der Waals surface area contributed by atoms with Crippen LogP contribution in [0.1, 0.15) is 125 Å². The highest BCUT2D eigenvalue weighted by molar-refractivity contribution is 5.84. The highest BCUT2D eigenvalue weighted by atomic mass is 16.8. The number of nitrogens with one attached hydrogen (secondary N) is 1. The first-order valence-corrected chi connectivity index (χ1v) is 27.6. The second-order valence-electron chi connectivity index (χ2n) is 25.9. The van der Waals surface area contributed by atoms with E-state index in [2.05, 4.69) is 70.2 Å². The van der Waals surface area contributed by atoms with Crippen molar-refractivity contribution in [1.29, 1.82) is 0 Å². The smallest absolute Gasteiger partial charge is 0.227 e. The van der Waals surface area contributed by atoms with Gasteiger partial charge in [0.2, 0.25) is 5.91 Å². The molecule has 10 rings (SSSR count). The average Bonchev–Trinajstić information content (AvgIpc) is 3.88. The van der Waals surface area contributed by atoms with Crippen LogP contribution in [0, 0.1) is 50.2 Å². The molecule has 2 aromatic rings. The van der Waals surface area contributed by atoms with Crippen LogP contribution in [0.15, 0.2) is 48.2 Å². The number of hydrogen-bond donors (Lipinski definition) is 9. The van der Waals surface area contributed by atoms with Crippen molar-refractivity contribution >= 4 is 5.91 Å². The minimum atomic E-state index is -1.75. The molecule has 9 N–H and O–H groups in total. The summed E-state index contributed by atoms with van der Waals surface area (Å²) in [5.41, 5.74) is 1.99. The summed E-state index contributed by atoms with van der Waals surface area (Å²) in [4.78, 5) is 14.9. The summed E-state index contributed by atoms with van der Waals surface area (Å²) in [5.74, 6) is 0.804. The predicted octanol–water partition coefficient (Wildman–Crippen LogP) is 3.19. The van der Waals surface area contributed by atoms with Crippen molar-refractivity contribution in [3.63, 3.8) is 0 Å². The van der Waals surface area contributed by atoms with Crippen LogP contribution in [0.4, 0.5) is 0 Å². The maximum absolute atomic E-state index is 14.9. The van der Waals surface area contributed by atoms with Gasteiger partial charge in [-0.15, -0.1) is 5.10 Å². The SMILES string of the molecule is C[C@@H]1O[C@@H](O[C@H]2[C@H](O[C@H]3CC[C@]4(C)[C@H]5CC=C6[C@@H]7CC(C)(C)CC[C@]7(C(=O)NCc7cn(-c8ccccc8)nn7)CC[C@@]6(C)[C@]5(C)CC[C@H]4C3(C)C)OC[C@H](O[C@@H]3O[C@H](CO)[C@@H](O)[C@H](O)[C@H]3O)[C@@H]2O)[C@H](O)[C@H](O)[C@H]1O. The number of ether oxygens (including phenoxy) is 6. The maximum atomic E-state index is 14.9. The lowest BCUT2D eigenvalue weighted by Gasteiger charge is -2.71. The van der Waals surface area contributed by atoms with Crippen LogP contribution in [0.3, 0.4) is 0 Å². The van der Waals surface area contributed by atoms with Gasteiger partial charge in [-0.25, -0.2) is 4.68 Å². The van der Waals surface area contributed by atoms with Crippen molar-refractivity contribution in [2.24, 2.45) is 50.2 Å². The van der Waals surface area contributed by atoms with Crippen molar-refractivity contribution in [3.8, 4) is 5.69 Å². The predicted molar refractivity (Wildman–Crippen MR) is 269 cm³/mol. The molecule has 1 aromatic heterocycles. The van der Waals surface area contributed by atoms with E-state index in [0.717, 1.165) is 63.5 Å². The lowest BCUT2D eigenvalue weighted by Crippen LogP contribution is -2.66. The molecule has 3 saturated heterocycles. The Labute approximate surface area is 440 Å². The van der Waals surface area contributed by atoms with E-state index in [9.17, 15) is 45.6 Å². The second-order valence-corrected chi connectivity index (χ2v) is 25.9. The molecular weight excluding hydrogens is 969 g/mol. The largest absolute Gasteiger partial charge is 0.394 e. The van der Waals surface area contributed by atoms with Crippen LogP contribution in [-0.4, -0.2) is 167 Å². The fraction of sp³-hybridized carbons (Fsp3) is 0.804. The van der Waals surface area contributed by atoms with Gasteiger partial charge in [0.1, 0.15) is 66.7 Å². The molecule has 0 unspecified atom stereocenters. The van der Waals surface area contributed by atoms with Gasteiger partial charge in [-0.3, -0.25) is 4.79 Å². The lowest BCUT2D eigenvalue weighted by atomic mass is 9.33. The van der Waals surface area contributed by atoms with Gasteiger partial charge in [-0.05, 0) is 128 Å². The zero-order valence-corrected chi connectivity index (χ0v) is 44.9. The first kappa shape index (κ1) is 55.3. The van der Waals surface area contributed by atoms with Gasteiger partial charge in [0.05, 0.1) is 49.3 Å². The van der Waals surface area contributed by atoms with Crippen LogP contribution in [-0.2, 0) is 39.8 Å². The number of fused-ring (bicyclic) bond motifs is 7. The normalized spacial score (nSPS) is 47.3. The van der Waals surface area contributed by atoms with E-state index in [4.69, 9.17) is 28.4 Å². The van der Waals surface area contributed by atoms with Crippen LogP contribution < -0.4 is 5.32 Å². The molecule has 0 radical (unpaired) electrons. The van der Waals surface area contributed by atoms with Crippen molar-refractivity contribution in [1.82, 2.24) is 20.3 Å². The molecule has 19 heteroatoms. The Bertz CT molecular complexity index is 2390.